The van der Waals surface area contributed by atoms with Gasteiger partial charge in [0.2, 0.25) is 0 Å². The van der Waals surface area contributed by atoms with Crippen molar-refractivity contribution in [3.05, 3.63) is 77.9 Å². The third kappa shape index (κ3) is 5.73. The number of furan rings is 1. The summed E-state index contributed by atoms with van der Waals surface area (Å²) < 4.78 is 15.8. The van der Waals surface area contributed by atoms with Crippen LogP contribution in [0.2, 0.25) is 0 Å². The topological polar surface area (TPSA) is 89.8 Å². The van der Waals surface area contributed by atoms with Crippen molar-refractivity contribution in [1.29, 1.82) is 0 Å². The van der Waals surface area contributed by atoms with E-state index in [1.54, 1.807) is 42.1 Å². The van der Waals surface area contributed by atoms with Crippen LogP contribution in [0.15, 0.2) is 75.9 Å². The predicted octanol–water partition coefficient (Wildman–Crippen LogP) is 4.82. The molecule has 2 amide bonds. The molecule has 0 aliphatic heterocycles. The van der Waals surface area contributed by atoms with Crippen molar-refractivity contribution in [3.8, 4) is 11.5 Å². The lowest BCUT2D eigenvalue weighted by Gasteiger charge is -2.14. The van der Waals surface area contributed by atoms with E-state index < -0.39 is 11.8 Å². The van der Waals surface area contributed by atoms with E-state index >= 15 is 0 Å². The van der Waals surface area contributed by atoms with Crippen molar-refractivity contribution in [2.75, 3.05) is 25.3 Å². The van der Waals surface area contributed by atoms with Gasteiger partial charge in [0.05, 0.1) is 26.2 Å². The molecule has 0 unspecified atom stereocenters. The number of para-hydroxylation sites is 1. The monoisotopic (exact) mass is 452 g/mol. The highest BCUT2D eigenvalue weighted by Crippen LogP contribution is 2.28. The van der Waals surface area contributed by atoms with E-state index in [1.807, 2.05) is 31.2 Å². The molecule has 0 spiro atoms. The van der Waals surface area contributed by atoms with Crippen molar-refractivity contribution < 1.29 is 23.5 Å². The summed E-state index contributed by atoms with van der Waals surface area (Å²) in [5.41, 5.74) is 1.01. The summed E-state index contributed by atoms with van der Waals surface area (Å²) in [5, 5.41) is 5.56. The van der Waals surface area contributed by atoms with E-state index in [-0.39, 0.29) is 5.70 Å². The van der Waals surface area contributed by atoms with E-state index in [0.717, 1.165) is 10.6 Å². The van der Waals surface area contributed by atoms with Crippen molar-refractivity contribution in [3.63, 3.8) is 0 Å². The maximum absolute atomic E-state index is 13.1. The third-order valence-electron chi connectivity index (χ3n) is 4.40. The number of methoxy groups -OCH3 is 2. The highest BCUT2D eigenvalue weighted by molar-refractivity contribution is 7.99. The largest absolute Gasteiger partial charge is 0.493 e. The number of ether oxygens (including phenoxy) is 2. The fraction of sp³-hybridized carbons (Fsp3) is 0.167. The Morgan fingerprint density at radius 3 is 2.50 bits per heavy atom. The molecule has 0 atom stereocenters. The van der Waals surface area contributed by atoms with Gasteiger partial charge in [-0.3, -0.25) is 9.59 Å². The molecule has 1 aromatic heterocycles. The zero-order chi connectivity index (χ0) is 22.9. The van der Waals surface area contributed by atoms with Crippen LogP contribution in [0.25, 0.3) is 6.08 Å². The van der Waals surface area contributed by atoms with Crippen molar-refractivity contribution in [2.24, 2.45) is 0 Å². The molecule has 0 fully saturated rings. The average Bonchev–Trinajstić information content (AvgIpc) is 3.32. The minimum Gasteiger partial charge on any atom is -0.493 e. The summed E-state index contributed by atoms with van der Waals surface area (Å²) in [6.45, 7) is 2.04. The molecular formula is C24H24N2O5S. The minimum atomic E-state index is -0.477. The van der Waals surface area contributed by atoms with Gasteiger partial charge in [0.15, 0.2) is 11.5 Å². The van der Waals surface area contributed by atoms with Crippen molar-refractivity contribution in [2.45, 2.75) is 11.8 Å². The number of thioether (sulfide) groups is 1. The lowest BCUT2D eigenvalue weighted by Crippen LogP contribution is -2.30. The Bertz CT molecular complexity index is 1110. The first kappa shape index (κ1) is 23.0. The number of carbonyl (C=O) groups is 2. The molecule has 2 N–H and O–H groups in total. The average molecular weight is 453 g/mol. The van der Waals surface area contributed by atoms with Crippen molar-refractivity contribution in [1.82, 2.24) is 5.32 Å². The second kappa shape index (κ2) is 11.1. The van der Waals surface area contributed by atoms with Crippen LogP contribution in [0.3, 0.4) is 0 Å². The van der Waals surface area contributed by atoms with Crippen LogP contribution in [0, 0.1) is 0 Å². The maximum atomic E-state index is 13.1. The molecule has 0 radical (unpaired) electrons. The normalized spacial score (nSPS) is 11.0. The summed E-state index contributed by atoms with van der Waals surface area (Å²) in [5.74, 6) is 1.25. The summed E-state index contributed by atoms with van der Waals surface area (Å²) in [6.07, 6.45) is 2.97. The number of benzene rings is 2. The summed E-state index contributed by atoms with van der Waals surface area (Å²) in [7, 11) is 3.00. The number of amides is 2. The Labute approximate surface area is 190 Å². The molecule has 166 valence electrons. The van der Waals surface area contributed by atoms with Gasteiger partial charge in [-0.15, -0.1) is 11.8 Å². The van der Waals surface area contributed by atoms with Gasteiger partial charge in [-0.2, -0.15) is 0 Å². The molecule has 3 rings (SSSR count). The van der Waals surface area contributed by atoms with E-state index in [0.29, 0.717) is 28.5 Å². The second-order valence-corrected chi connectivity index (χ2v) is 7.79. The van der Waals surface area contributed by atoms with Crippen LogP contribution in [0.1, 0.15) is 23.0 Å². The Balaban J connectivity index is 1.87. The minimum absolute atomic E-state index is 0.0380. The number of hydrogen-bond acceptors (Lipinski definition) is 6. The van der Waals surface area contributed by atoms with E-state index in [9.17, 15) is 9.59 Å². The standard InChI is InChI=1S/C24H24N2O5S/c1-4-32-22-10-6-5-9-18(22)25-24(28)19(15-17-8-7-13-31-17)26-23(27)16-11-12-20(29-2)21(14-16)30-3/h5-15H,4H2,1-3H3,(H,25,28)(H,26,27)/b19-15-. The summed E-state index contributed by atoms with van der Waals surface area (Å²) in [6, 6.07) is 15.7. The molecular weight excluding hydrogens is 428 g/mol. The molecule has 0 aliphatic rings. The van der Waals surface area contributed by atoms with E-state index in [4.69, 9.17) is 13.9 Å². The number of anilines is 1. The fourth-order valence-electron chi connectivity index (χ4n) is 2.89. The first-order valence-electron chi connectivity index (χ1n) is 9.87. The zero-order valence-corrected chi connectivity index (χ0v) is 18.8. The van der Waals surface area contributed by atoms with Gasteiger partial charge in [0, 0.05) is 16.5 Å². The molecule has 0 saturated carbocycles. The van der Waals surface area contributed by atoms with Gasteiger partial charge >= 0.3 is 0 Å². The molecule has 7 nitrogen and oxygen atoms in total. The Morgan fingerprint density at radius 1 is 1.03 bits per heavy atom. The van der Waals surface area contributed by atoms with Crippen LogP contribution in [-0.4, -0.2) is 31.8 Å². The van der Waals surface area contributed by atoms with E-state index in [1.165, 1.54) is 26.6 Å². The quantitative estimate of drug-likeness (QED) is 0.357. The van der Waals surface area contributed by atoms with Crippen LogP contribution < -0.4 is 20.1 Å². The molecule has 8 heteroatoms. The first-order valence-corrected chi connectivity index (χ1v) is 10.9. The number of carbonyl (C=O) groups excluding carboxylic acids is 2. The van der Waals surface area contributed by atoms with Gasteiger partial charge in [-0.1, -0.05) is 19.1 Å². The smallest absolute Gasteiger partial charge is 0.272 e. The Hall–Kier alpha value is -3.65. The highest BCUT2D eigenvalue weighted by Gasteiger charge is 2.18. The Morgan fingerprint density at radius 2 is 1.81 bits per heavy atom. The van der Waals surface area contributed by atoms with Crippen molar-refractivity contribution >= 4 is 35.3 Å². The maximum Gasteiger partial charge on any atom is 0.272 e. The number of rotatable bonds is 9. The SMILES string of the molecule is CCSc1ccccc1NC(=O)/C(=C/c1ccco1)NC(=O)c1ccc(OC)c(OC)c1. The van der Waals surface area contributed by atoms with Gasteiger partial charge in [0.1, 0.15) is 11.5 Å². The summed E-state index contributed by atoms with van der Waals surface area (Å²) >= 11 is 1.61. The predicted molar refractivity (Wildman–Crippen MR) is 125 cm³/mol. The van der Waals surface area contributed by atoms with Gasteiger partial charge in [-0.25, -0.2) is 0 Å². The van der Waals surface area contributed by atoms with Crippen LogP contribution >= 0.6 is 11.8 Å². The molecule has 3 aromatic rings. The first-order chi connectivity index (χ1) is 15.5. The molecule has 0 aliphatic carbocycles. The molecule has 32 heavy (non-hydrogen) atoms. The number of nitrogens with one attached hydrogen (secondary N) is 2. The lowest BCUT2D eigenvalue weighted by molar-refractivity contribution is -0.113. The molecule has 1 heterocycles. The number of hydrogen-bond donors (Lipinski definition) is 2. The summed E-state index contributed by atoms with van der Waals surface area (Å²) in [4.78, 5) is 26.9. The van der Waals surface area contributed by atoms with Gasteiger partial charge in [0.25, 0.3) is 11.8 Å². The Kier molecular flexibility index (Phi) is 7.99. The lowest BCUT2D eigenvalue weighted by atomic mass is 10.1. The molecule has 0 saturated heterocycles. The third-order valence-corrected chi connectivity index (χ3v) is 5.36. The highest BCUT2D eigenvalue weighted by atomic mass is 32.2. The van der Waals surface area contributed by atoms with Crippen LogP contribution in [-0.2, 0) is 4.79 Å². The van der Waals surface area contributed by atoms with Crippen LogP contribution in [0.4, 0.5) is 5.69 Å². The van der Waals surface area contributed by atoms with Gasteiger partial charge in [-0.05, 0) is 48.2 Å². The zero-order valence-electron chi connectivity index (χ0n) is 18.0. The molecule has 2 aromatic carbocycles. The molecule has 0 bridgehead atoms. The van der Waals surface area contributed by atoms with E-state index in [2.05, 4.69) is 10.6 Å². The van der Waals surface area contributed by atoms with Crippen LogP contribution in [0.5, 0.6) is 11.5 Å². The fourth-order valence-corrected chi connectivity index (χ4v) is 3.65. The second-order valence-electron chi connectivity index (χ2n) is 6.48. The van der Waals surface area contributed by atoms with Gasteiger partial charge < -0.3 is 24.5 Å².